The first-order valence-corrected chi connectivity index (χ1v) is 7.72. The van der Waals surface area contributed by atoms with Gasteiger partial charge in [-0.25, -0.2) is 9.78 Å². The molecule has 1 aromatic heterocycles. The highest BCUT2D eigenvalue weighted by molar-refractivity contribution is 5.74. The zero-order valence-electron chi connectivity index (χ0n) is 13.0. The lowest BCUT2D eigenvalue weighted by molar-refractivity contribution is 0.225. The van der Waals surface area contributed by atoms with Crippen molar-refractivity contribution in [2.24, 2.45) is 0 Å². The molecule has 1 fully saturated rings. The third-order valence-corrected chi connectivity index (χ3v) is 4.00. The number of likely N-dealkylation sites (N-methyl/N-ethyl adjacent to an activating group) is 1. The second-order valence-electron chi connectivity index (χ2n) is 5.84. The number of nitrogens with one attached hydrogen (secondary N) is 2. The number of rotatable bonds is 7. The zero-order valence-corrected chi connectivity index (χ0v) is 13.0. The summed E-state index contributed by atoms with van der Waals surface area (Å²) in [6.07, 6.45) is 8.39. The van der Waals surface area contributed by atoms with Crippen LogP contribution in [0.4, 0.5) is 4.79 Å². The summed E-state index contributed by atoms with van der Waals surface area (Å²) in [4.78, 5) is 18.0. The number of carbonyl (C=O) groups is 1. The van der Waals surface area contributed by atoms with Gasteiger partial charge in [0, 0.05) is 25.2 Å². The normalized spacial score (nSPS) is 17.1. The Hall–Kier alpha value is -1.63. The van der Waals surface area contributed by atoms with E-state index in [2.05, 4.69) is 32.7 Å². The average Bonchev–Trinajstić information content (AvgIpc) is 3.10. The van der Waals surface area contributed by atoms with Crippen molar-refractivity contribution >= 4 is 6.03 Å². The Labute approximate surface area is 126 Å². The molecule has 0 aliphatic heterocycles. The van der Waals surface area contributed by atoms with E-state index in [4.69, 9.17) is 0 Å². The highest BCUT2D eigenvalue weighted by Gasteiger charge is 2.19. The summed E-state index contributed by atoms with van der Waals surface area (Å²) in [5, 5.41) is 9.83. The molecular weight excluding hydrogens is 268 g/mol. The van der Waals surface area contributed by atoms with Crippen molar-refractivity contribution in [3.05, 3.63) is 12.7 Å². The quantitative estimate of drug-likeness (QED) is 0.781. The van der Waals surface area contributed by atoms with Crippen LogP contribution in [0, 0.1) is 0 Å². The fourth-order valence-electron chi connectivity index (χ4n) is 2.80. The van der Waals surface area contributed by atoms with E-state index in [0.717, 1.165) is 6.54 Å². The second kappa shape index (κ2) is 7.97. The molecule has 1 heterocycles. The lowest BCUT2D eigenvalue weighted by atomic mass is 10.2. The number of amides is 2. The maximum absolute atomic E-state index is 11.8. The topological polar surface area (TPSA) is 75.1 Å². The highest BCUT2D eigenvalue weighted by Crippen LogP contribution is 2.21. The number of nitrogens with zero attached hydrogens (tertiary/aromatic N) is 4. The van der Waals surface area contributed by atoms with Crippen LogP contribution in [0.15, 0.2) is 12.7 Å². The largest absolute Gasteiger partial charge is 0.337 e. The van der Waals surface area contributed by atoms with E-state index in [1.165, 1.54) is 32.0 Å². The SMILES string of the molecule is C[C@@H](Cn1cncn1)NC(=O)NCCN(C)C1CCCC1. The molecule has 2 amide bonds. The molecule has 1 saturated carbocycles. The van der Waals surface area contributed by atoms with Crippen molar-refractivity contribution in [2.75, 3.05) is 20.1 Å². The van der Waals surface area contributed by atoms with Gasteiger partial charge in [-0.2, -0.15) is 5.10 Å². The van der Waals surface area contributed by atoms with E-state index in [1.54, 1.807) is 11.0 Å². The number of urea groups is 1. The maximum atomic E-state index is 11.8. The van der Waals surface area contributed by atoms with Crippen molar-refractivity contribution in [3.8, 4) is 0 Å². The molecule has 1 aromatic rings. The van der Waals surface area contributed by atoms with Gasteiger partial charge in [-0.05, 0) is 26.8 Å². The second-order valence-corrected chi connectivity index (χ2v) is 5.84. The lowest BCUT2D eigenvalue weighted by Crippen LogP contribution is -2.45. The maximum Gasteiger partial charge on any atom is 0.315 e. The Balaban J connectivity index is 1.58. The van der Waals surface area contributed by atoms with Gasteiger partial charge in [0.25, 0.3) is 0 Å². The molecule has 7 heteroatoms. The van der Waals surface area contributed by atoms with Crippen molar-refractivity contribution in [1.82, 2.24) is 30.3 Å². The molecule has 0 bridgehead atoms. The summed E-state index contributed by atoms with van der Waals surface area (Å²) in [7, 11) is 2.14. The molecule has 0 saturated heterocycles. The van der Waals surface area contributed by atoms with Crippen LogP contribution in [0.2, 0.25) is 0 Å². The third kappa shape index (κ3) is 5.34. The van der Waals surface area contributed by atoms with Gasteiger partial charge in [-0.15, -0.1) is 0 Å². The minimum Gasteiger partial charge on any atom is -0.337 e. The molecule has 1 atom stereocenters. The standard InChI is InChI=1S/C14H26N6O/c1-12(9-20-11-15-10-17-20)18-14(21)16-7-8-19(2)13-5-3-4-6-13/h10-13H,3-9H2,1-2H3,(H2,16,18,21)/t12-/m0/s1. The molecule has 2 rings (SSSR count). The zero-order chi connectivity index (χ0) is 15.1. The van der Waals surface area contributed by atoms with Gasteiger partial charge >= 0.3 is 6.03 Å². The third-order valence-electron chi connectivity index (χ3n) is 4.00. The van der Waals surface area contributed by atoms with Crippen LogP contribution in [0.1, 0.15) is 32.6 Å². The highest BCUT2D eigenvalue weighted by atomic mass is 16.2. The summed E-state index contributed by atoms with van der Waals surface area (Å²) in [6, 6.07) is 0.586. The smallest absolute Gasteiger partial charge is 0.315 e. The first-order valence-electron chi connectivity index (χ1n) is 7.72. The van der Waals surface area contributed by atoms with Crippen molar-refractivity contribution < 1.29 is 4.79 Å². The number of aromatic nitrogens is 3. The van der Waals surface area contributed by atoms with E-state index in [1.807, 2.05) is 6.92 Å². The van der Waals surface area contributed by atoms with E-state index >= 15 is 0 Å². The predicted octanol–water partition coefficient (Wildman–Crippen LogP) is 0.840. The minimum atomic E-state index is -0.123. The van der Waals surface area contributed by atoms with Crippen molar-refractivity contribution in [2.45, 2.75) is 51.2 Å². The Morgan fingerprint density at radius 1 is 1.48 bits per heavy atom. The van der Waals surface area contributed by atoms with E-state index in [-0.39, 0.29) is 12.1 Å². The fourth-order valence-corrected chi connectivity index (χ4v) is 2.80. The van der Waals surface area contributed by atoms with Gasteiger partial charge in [-0.1, -0.05) is 12.8 Å². The molecule has 21 heavy (non-hydrogen) atoms. The summed E-state index contributed by atoms with van der Waals surface area (Å²) in [5.41, 5.74) is 0. The summed E-state index contributed by atoms with van der Waals surface area (Å²) in [5.74, 6) is 0. The van der Waals surface area contributed by atoms with Gasteiger partial charge in [-0.3, -0.25) is 4.68 Å². The Morgan fingerprint density at radius 3 is 2.90 bits per heavy atom. The molecule has 1 aliphatic carbocycles. The summed E-state index contributed by atoms with van der Waals surface area (Å²) >= 11 is 0. The van der Waals surface area contributed by atoms with Crippen LogP contribution in [-0.2, 0) is 6.54 Å². The van der Waals surface area contributed by atoms with Crippen molar-refractivity contribution in [1.29, 1.82) is 0 Å². The van der Waals surface area contributed by atoms with Crippen LogP contribution in [0.25, 0.3) is 0 Å². The molecule has 118 valence electrons. The average molecular weight is 294 g/mol. The molecule has 0 radical (unpaired) electrons. The summed E-state index contributed by atoms with van der Waals surface area (Å²) in [6.45, 7) is 4.14. The Bertz CT molecular complexity index is 415. The molecule has 0 spiro atoms. The molecular formula is C14H26N6O. The van der Waals surface area contributed by atoms with E-state index in [9.17, 15) is 4.79 Å². The van der Waals surface area contributed by atoms with E-state index in [0.29, 0.717) is 19.1 Å². The van der Waals surface area contributed by atoms with Crippen molar-refractivity contribution in [3.63, 3.8) is 0 Å². The van der Waals surface area contributed by atoms with Crippen LogP contribution in [0.3, 0.4) is 0 Å². The predicted molar refractivity (Wildman–Crippen MR) is 80.9 cm³/mol. The first-order chi connectivity index (χ1) is 10.1. The number of hydrogen-bond donors (Lipinski definition) is 2. The van der Waals surface area contributed by atoms with Gasteiger partial charge in [0.1, 0.15) is 12.7 Å². The van der Waals surface area contributed by atoms with E-state index < -0.39 is 0 Å². The number of carbonyl (C=O) groups excluding carboxylic acids is 1. The molecule has 0 unspecified atom stereocenters. The van der Waals surface area contributed by atoms with Crippen LogP contribution >= 0.6 is 0 Å². The monoisotopic (exact) mass is 294 g/mol. The van der Waals surface area contributed by atoms with Gasteiger partial charge in [0.05, 0.1) is 6.54 Å². The first kappa shape index (κ1) is 15.8. The molecule has 1 aliphatic rings. The van der Waals surface area contributed by atoms with Gasteiger partial charge < -0.3 is 15.5 Å². The minimum absolute atomic E-state index is 0.0132. The van der Waals surface area contributed by atoms with Gasteiger partial charge in [0.15, 0.2) is 0 Å². The van der Waals surface area contributed by atoms with Crippen LogP contribution < -0.4 is 10.6 Å². The molecule has 2 N–H and O–H groups in total. The lowest BCUT2D eigenvalue weighted by Gasteiger charge is -2.24. The number of hydrogen-bond acceptors (Lipinski definition) is 4. The fraction of sp³-hybridized carbons (Fsp3) is 0.786. The Kier molecular flexibility index (Phi) is 5.98. The van der Waals surface area contributed by atoms with Crippen LogP contribution in [0.5, 0.6) is 0 Å². The van der Waals surface area contributed by atoms with Gasteiger partial charge in [0.2, 0.25) is 0 Å². The molecule has 7 nitrogen and oxygen atoms in total. The van der Waals surface area contributed by atoms with Crippen LogP contribution in [-0.4, -0.2) is 57.9 Å². The molecule has 0 aromatic carbocycles. The Morgan fingerprint density at radius 2 is 2.24 bits per heavy atom. The summed E-state index contributed by atoms with van der Waals surface area (Å²) < 4.78 is 1.71.